The minimum atomic E-state index is -4.80. The lowest BCUT2D eigenvalue weighted by atomic mass is 9.80. The molecule has 0 aliphatic rings. The van der Waals surface area contributed by atoms with Gasteiger partial charge >= 0.3 is 12.3 Å². The van der Waals surface area contributed by atoms with Crippen molar-refractivity contribution in [1.82, 2.24) is 10.3 Å². The van der Waals surface area contributed by atoms with Gasteiger partial charge in [-0.15, -0.1) is 0 Å². The fourth-order valence-electron chi connectivity index (χ4n) is 3.50. The Bertz CT molecular complexity index is 1120. The summed E-state index contributed by atoms with van der Waals surface area (Å²) in [6, 6.07) is 13.9. The average molecular weight is 495 g/mol. The average Bonchev–Trinajstić information content (AvgIpc) is 2.77. The van der Waals surface area contributed by atoms with Crippen molar-refractivity contribution in [2.45, 2.75) is 32.0 Å². The van der Waals surface area contributed by atoms with E-state index in [9.17, 15) is 22.4 Å². The van der Waals surface area contributed by atoms with Gasteiger partial charge in [0, 0.05) is 12.6 Å². The van der Waals surface area contributed by atoms with Crippen LogP contribution in [0.2, 0.25) is 5.02 Å². The number of hydrogen-bond donors (Lipinski definition) is 1. The largest absolute Gasteiger partial charge is 0.449 e. The number of benzene rings is 2. The van der Waals surface area contributed by atoms with Crippen LogP contribution in [0.25, 0.3) is 0 Å². The molecule has 180 valence electrons. The van der Waals surface area contributed by atoms with Gasteiger partial charge in [-0.1, -0.05) is 55.8 Å². The first-order chi connectivity index (χ1) is 16.0. The van der Waals surface area contributed by atoms with Crippen LogP contribution in [-0.4, -0.2) is 17.7 Å². The molecule has 1 unspecified atom stereocenters. The molecule has 1 aromatic heterocycles. The molecule has 1 heterocycles. The Morgan fingerprint density at radius 3 is 2.32 bits per heavy atom. The molecule has 9 heteroatoms. The van der Waals surface area contributed by atoms with Crippen LogP contribution in [0.5, 0.6) is 0 Å². The molecule has 1 atom stereocenters. The zero-order valence-electron chi connectivity index (χ0n) is 18.5. The number of halogens is 5. The Kier molecular flexibility index (Phi) is 7.82. The summed E-state index contributed by atoms with van der Waals surface area (Å²) < 4.78 is 60.5. The molecule has 0 saturated carbocycles. The number of ether oxygens (including phenoxy) is 1. The van der Waals surface area contributed by atoms with E-state index in [0.717, 1.165) is 12.1 Å². The zero-order valence-corrected chi connectivity index (χ0v) is 19.3. The number of carbonyl (C=O) groups excluding carboxylic acids is 1. The summed E-state index contributed by atoms with van der Waals surface area (Å²) in [7, 11) is 0. The second-order valence-electron chi connectivity index (χ2n) is 8.27. The highest BCUT2D eigenvalue weighted by atomic mass is 35.5. The van der Waals surface area contributed by atoms with Crippen LogP contribution in [0.1, 0.15) is 36.2 Å². The number of nitrogens with one attached hydrogen (secondary N) is 1. The maximum atomic E-state index is 14.5. The predicted molar refractivity (Wildman–Crippen MR) is 121 cm³/mol. The van der Waals surface area contributed by atoms with Crippen LogP contribution in [0.3, 0.4) is 0 Å². The lowest BCUT2D eigenvalue weighted by Gasteiger charge is -2.35. The minimum absolute atomic E-state index is 0.0222. The van der Waals surface area contributed by atoms with Crippen molar-refractivity contribution < 1.29 is 27.1 Å². The number of alkyl halides is 3. The molecule has 3 rings (SSSR count). The van der Waals surface area contributed by atoms with Crippen LogP contribution in [-0.2, 0) is 22.9 Å². The van der Waals surface area contributed by atoms with Crippen LogP contribution < -0.4 is 5.32 Å². The van der Waals surface area contributed by atoms with Crippen LogP contribution >= 0.6 is 11.6 Å². The van der Waals surface area contributed by atoms with Crippen molar-refractivity contribution in [2.24, 2.45) is 5.92 Å². The summed E-state index contributed by atoms with van der Waals surface area (Å²) in [5, 5.41) is 2.98. The molecule has 0 spiro atoms. The number of hydrogen-bond acceptors (Lipinski definition) is 3. The second-order valence-corrected chi connectivity index (χ2v) is 8.71. The van der Waals surface area contributed by atoms with E-state index in [1.165, 1.54) is 18.3 Å². The number of rotatable bonds is 7. The van der Waals surface area contributed by atoms with Crippen LogP contribution in [0, 0.1) is 11.7 Å². The number of nitrogens with zero attached hydrogens (tertiary/aromatic N) is 1. The summed E-state index contributed by atoms with van der Waals surface area (Å²) in [6.45, 7) is 3.76. The molecule has 2 aromatic carbocycles. The summed E-state index contributed by atoms with van der Waals surface area (Å²) in [5.74, 6) is -1.08. The first-order valence-electron chi connectivity index (χ1n) is 10.5. The van der Waals surface area contributed by atoms with Crippen molar-refractivity contribution in [2.75, 3.05) is 6.61 Å². The minimum Gasteiger partial charge on any atom is -0.449 e. The van der Waals surface area contributed by atoms with Gasteiger partial charge in [-0.2, -0.15) is 13.2 Å². The third kappa shape index (κ3) is 6.26. The molecule has 34 heavy (non-hydrogen) atoms. The number of carbonyl (C=O) groups is 1. The first-order valence-corrected chi connectivity index (χ1v) is 10.9. The maximum Gasteiger partial charge on any atom is 0.416 e. The smallest absolute Gasteiger partial charge is 0.416 e. The zero-order chi connectivity index (χ0) is 24.9. The van der Waals surface area contributed by atoms with E-state index < -0.39 is 29.2 Å². The Labute approximate surface area is 199 Å². The van der Waals surface area contributed by atoms with E-state index >= 15 is 0 Å². The van der Waals surface area contributed by atoms with Gasteiger partial charge in [0.1, 0.15) is 11.4 Å². The highest BCUT2D eigenvalue weighted by molar-refractivity contribution is 6.30. The molecule has 3 aromatic rings. The fraction of sp³-hybridized carbons (Fsp3) is 0.280. The Balaban J connectivity index is 2.25. The summed E-state index contributed by atoms with van der Waals surface area (Å²) in [6.07, 6.45) is -4.40. The van der Waals surface area contributed by atoms with Gasteiger partial charge in [0.05, 0.1) is 22.9 Å². The van der Waals surface area contributed by atoms with Gasteiger partial charge in [0.2, 0.25) is 0 Å². The number of aromatic nitrogens is 1. The lowest BCUT2D eigenvalue weighted by molar-refractivity contribution is -0.137. The number of amides is 1. The second kappa shape index (κ2) is 10.4. The number of pyridine rings is 1. The summed E-state index contributed by atoms with van der Waals surface area (Å²) in [4.78, 5) is 17.1. The van der Waals surface area contributed by atoms with Gasteiger partial charge in [-0.25, -0.2) is 9.18 Å². The molecule has 0 radical (unpaired) electrons. The topological polar surface area (TPSA) is 51.2 Å². The van der Waals surface area contributed by atoms with E-state index in [4.69, 9.17) is 16.3 Å². The molecule has 0 saturated heterocycles. The van der Waals surface area contributed by atoms with E-state index in [-0.39, 0.29) is 35.2 Å². The standard InChI is InChI=1S/C25H23ClF4N2O2/c1-16(2)15-34-23(33)32-24(13-17-6-4-3-5-7-17,22-9-8-20(26)14-31-22)18-10-19(25(28,29)30)12-21(27)11-18/h3-12,14,16H,13,15H2,1-2H3,(H,32,33). The normalized spacial score (nSPS) is 13.4. The number of alkyl carbamates (subject to hydrolysis) is 1. The molecule has 0 aliphatic heterocycles. The molecular weight excluding hydrogens is 472 g/mol. The summed E-state index contributed by atoms with van der Waals surface area (Å²) in [5.41, 5.74) is -2.18. The highest BCUT2D eigenvalue weighted by Gasteiger charge is 2.41. The monoisotopic (exact) mass is 494 g/mol. The Morgan fingerprint density at radius 2 is 1.74 bits per heavy atom. The van der Waals surface area contributed by atoms with E-state index in [1.807, 2.05) is 13.8 Å². The van der Waals surface area contributed by atoms with Crippen molar-refractivity contribution in [3.05, 3.63) is 100 Å². The molecule has 0 fully saturated rings. The highest BCUT2D eigenvalue weighted by Crippen LogP contribution is 2.38. The third-order valence-electron chi connectivity index (χ3n) is 5.06. The van der Waals surface area contributed by atoms with Gasteiger partial charge in [0.15, 0.2) is 0 Å². The van der Waals surface area contributed by atoms with E-state index in [1.54, 1.807) is 30.3 Å². The summed E-state index contributed by atoms with van der Waals surface area (Å²) >= 11 is 5.99. The molecule has 1 amide bonds. The fourth-order valence-corrected chi connectivity index (χ4v) is 3.62. The molecular formula is C25H23ClF4N2O2. The van der Waals surface area contributed by atoms with Gasteiger partial charge in [0.25, 0.3) is 0 Å². The lowest BCUT2D eigenvalue weighted by Crippen LogP contribution is -2.49. The molecule has 1 N–H and O–H groups in total. The van der Waals surface area contributed by atoms with Crippen molar-refractivity contribution in [3.8, 4) is 0 Å². The molecule has 0 aliphatic carbocycles. The Hall–Kier alpha value is -3.13. The molecule has 4 nitrogen and oxygen atoms in total. The SMILES string of the molecule is CC(C)COC(=O)NC(Cc1ccccc1)(c1cc(F)cc(C(F)(F)F)c1)c1ccc(Cl)cn1. The van der Waals surface area contributed by atoms with E-state index in [0.29, 0.717) is 11.6 Å². The van der Waals surface area contributed by atoms with Crippen molar-refractivity contribution in [3.63, 3.8) is 0 Å². The first kappa shape index (κ1) is 25.5. The van der Waals surface area contributed by atoms with Crippen molar-refractivity contribution in [1.29, 1.82) is 0 Å². The van der Waals surface area contributed by atoms with Crippen LogP contribution in [0.4, 0.5) is 22.4 Å². The third-order valence-corrected chi connectivity index (χ3v) is 5.28. The van der Waals surface area contributed by atoms with Gasteiger partial charge in [-0.3, -0.25) is 4.98 Å². The van der Waals surface area contributed by atoms with Gasteiger partial charge < -0.3 is 10.1 Å². The van der Waals surface area contributed by atoms with Gasteiger partial charge in [-0.05, 0) is 47.4 Å². The van der Waals surface area contributed by atoms with E-state index in [2.05, 4.69) is 10.3 Å². The molecule has 0 bridgehead atoms. The maximum absolute atomic E-state index is 14.5. The predicted octanol–water partition coefficient (Wildman–Crippen LogP) is 6.76. The Morgan fingerprint density at radius 1 is 1.06 bits per heavy atom. The van der Waals surface area contributed by atoms with Crippen molar-refractivity contribution >= 4 is 17.7 Å². The van der Waals surface area contributed by atoms with Crippen LogP contribution in [0.15, 0.2) is 66.9 Å². The quantitative estimate of drug-likeness (QED) is 0.369.